The van der Waals surface area contributed by atoms with E-state index in [4.69, 9.17) is 14.7 Å². The fourth-order valence-electron chi connectivity index (χ4n) is 3.61. The van der Waals surface area contributed by atoms with Gasteiger partial charge in [0.15, 0.2) is 5.79 Å². The number of nitriles is 1. The van der Waals surface area contributed by atoms with Gasteiger partial charge in [0.25, 0.3) is 0 Å². The molecule has 0 aromatic heterocycles. The maximum atomic E-state index is 12.3. The van der Waals surface area contributed by atoms with Crippen LogP contribution in [0.5, 0.6) is 0 Å². The SMILES string of the molecule is CN(CC(=O)NC1CCC2(CC1)OCCO2)Cc1cccc(C#N)c1. The Morgan fingerprint density at radius 3 is 2.76 bits per heavy atom. The van der Waals surface area contributed by atoms with Crippen LogP contribution in [-0.4, -0.2) is 49.4 Å². The first-order chi connectivity index (χ1) is 12.1. The molecule has 1 N–H and O–H groups in total. The van der Waals surface area contributed by atoms with Crippen molar-refractivity contribution in [3.05, 3.63) is 35.4 Å². The van der Waals surface area contributed by atoms with Gasteiger partial charge in [-0.1, -0.05) is 12.1 Å². The minimum atomic E-state index is -0.385. The Balaban J connectivity index is 1.42. The van der Waals surface area contributed by atoms with Crippen LogP contribution in [0.1, 0.15) is 36.8 Å². The Kier molecular flexibility index (Phi) is 5.69. The highest BCUT2D eigenvalue weighted by Crippen LogP contribution is 2.35. The fraction of sp³-hybridized carbons (Fsp3) is 0.579. The van der Waals surface area contributed by atoms with Crippen LogP contribution in [0.4, 0.5) is 0 Å². The molecule has 1 heterocycles. The summed E-state index contributed by atoms with van der Waals surface area (Å²) >= 11 is 0. The summed E-state index contributed by atoms with van der Waals surface area (Å²) in [7, 11) is 1.91. The van der Waals surface area contributed by atoms with E-state index in [0.717, 1.165) is 31.2 Å². The highest BCUT2D eigenvalue weighted by molar-refractivity contribution is 5.78. The molecule has 1 aromatic carbocycles. The van der Waals surface area contributed by atoms with Crippen molar-refractivity contribution in [2.24, 2.45) is 0 Å². The monoisotopic (exact) mass is 343 g/mol. The average molecular weight is 343 g/mol. The van der Waals surface area contributed by atoms with E-state index in [-0.39, 0.29) is 17.7 Å². The summed E-state index contributed by atoms with van der Waals surface area (Å²) < 4.78 is 11.4. The van der Waals surface area contributed by atoms with Crippen molar-refractivity contribution in [1.82, 2.24) is 10.2 Å². The molecule has 1 spiro atoms. The Bertz CT molecular complexity index is 640. The van der Waals surface area contributed by atoms with Crippen LogP contribution >= 0.6 is 0 Å². The molecule has 3 rings (SSSR count). The molecule has 2 aliphatic rings. The molecule has 6 heteroatoms. The zero-order chi connectivity index (χ0) is 17.7. The number of hydrogen-bond donors (Lipinski definition) is 1. The second-order valence-corrected chi connectivity index (χ2v) is 6.93. The van der Waals surface area contributed by atoms with Gasteiger partial charge in [0.05, 0.1) is 31.4 Å². The number of carbonyl (C=O) groups excluding carboxylic acids is 1. The molecule has 6 nitrogen and oxygen atoms in total. The maximum Gasteiger partial charge on any atom is 0.234 e. The predicted octanol–water partition coefficient (Wildman–Crippen LogP) is 1.79. The van der Waals surface area contributed by atoms with Gasteiger partial charge in [-0.15, -0.1) is 0 Å². The predicted molar refractivity (Wildman–Crippen MR) is 92.5 cm³/mol. The lowest BCUT2D eigenvalue weighted by atomic mass is 9.90. The van der Waals surface area contributed by atoms with Crippen LogP contribution < -0.4 is 5.32 Å². The molecular weight excluding hydrogens is 318 g/mol. The molecule has 1 aliphatic heterocycles. The summed E-state index contributed by atoms with van der Waals surface area (Å²) in [6, 6.07) is 9.81. The van der Waals surface area contributed by atoms with Crippen LogP contribution in [0, 0.1) is 11.3 Å². The van der Waals surface area contributed by atoms with E-state index in [1.807, 2.05) is 30.1 Å². The molecule has 25 heavy (non-hydrogen) atoms. The first-order valence-corrected chi connectivity index (χ1v) is 8.83. The number of ether oxygens (including phenoxy) is 2. The van der Waals surface area contributed by atoms with Gasteiger partial charge in [0.1, 0.15) is 0 Å². The van der Waals surface area contributed by atoms with E-state index in [0.29, 0.717) is 31.9 Å². The number of carbonyl (C=O) groups is 1. The third kappa shape index (κ3) is 4.79. The van der Waals surface area contributed by atoms with E-state index >= 15 is 0 Å². The van der Waals surface area contributed by atoms with E-state index in [1.165, 1.54) is 0 Å². The highest BCUT2D eigenvalue weighted by Gasteiger charge is 2.40. The molecular formula is C19H25N3O3. The van der Waals surface area contributed by atoms with E-state index in [1.54, 1.807) is 6.07 Å². The smallest absolute Gasteiger partial charge is 0.234 e. The van der Waals surface area contributed by atoms with Gasteiger partial charge in [-0.2, -0.15) is 5.26 Å². The number of benzene rings is 1. The zero-order valence-corrected chi connectivity index (χ0v) is 14.7. The van der Waals surface area contributed by atoms with Crippen LogP contribution in [0.3, 0.4) is 0 Å². The first-order valence-electron chi connectivity index (χ1n) is 8.83. The normalized spacial score (nSPS) is 19.9. The summed E-state index contributed by atoms with van der Waals surface area (Å²) in [6.45, 7) is 2.33. The lowest BCUT2D eigenvalue weighted by Crippen LogP contribution is -2.46. The molecule has 1 aromatic rings. The van der Waals surface area contributed by atoms with Crippen molar-refractivity contribution in [2.45, 2.75) is 44.1 Å². The molecule has 0 atom stereocenters. The van der Waals surface area contributed by atoms with Gasteiger partial charge in [-0.3, -0.25) is 9.69 Å². The van der Waals surface area contributed by atoms with Crippen molar-refractivity contribution in [2.75, 3.05) is 26.8 Å². The topological polar surface area (TPSA) is 74.6 Å². The van der Waals surface area contributed by atoms with Gasteiger partial charge in [-0.05, 0) is 37.6 Å². The summed E-state index contributed by atoms with van der Waals surface area (Å²) in [5, 5.41) is 12.1. The molecule has 2 fully saturated rings. The van der Waals surface area contributed by atoms with Gasteiger partial charge >= 0.3 is 0 Å². The number of amides is 1. The summed E-state index contributed by atoms with van der Waals surface area (Å²) in [5.41, 5.74) is 1.67. The van der Waals surface area contributed by atoms with Crippen molar-refractivity contribution in [3.63, 3.8) is 0 Å². The third-order valence-corrected chi connectivity index (χ3v) is 4.85. The van der Waals surface area contributed by atoms with Gasteiger partial charge in [0.2, 0.25) is 5.91 Å². The quantitative estimate of drug-likeness (QED) is 0.882. The van der Waals surface area contributed by atoms with Gasteiger partial charge in [-0.25, -0.2) is 0 Å². The van der Waals surface area contributed by atoms with Crippen LogP contribution in [-0.2, 0) is 20.8 Å². The zero-order valence-electron chi connectivity index (χ0n) is 14.7. The third-order valence-electron chi connectivity index (χ3n) is 4.85. The van der Waals surface area contributed by atoms with Crippen LogP contribution in [0.15, 0.2) is 24.3 Å². The molecule has 1 saturated carbocycles. The molecule has 0 unspecified atom stereocenters. The largest absolute Gasteiger partial charge is 0.352 e. The molecule has 1 amide bonds. The second-order valence-electron chi connectivity index (χ2n) is 6.93. The van der Waals surface area contributed by atoms with Crippen molar-refractivity contribution < 1.29 is 14.3 Å². The second kappa shape index (κ2) is 7.96. The average Bonchev–Trinajstić information content (AvgIpc) is 3.05. The van der Waals surface area contributed by atoms with Crippen LogP contribution in [0.2, 0.25) is 0 Å². The summed E-state index contributed by atoms with van der Waals surface area (Å²) in [4.78, 5) is 14.2. The minimum Gasteiger partial charge on any atom is -0.352 e. The highest BCUT2D eigenvalue weighted by atomic mass is 16.7. The van der Waals surface area contributed by atoms with E-state index in [2.05, 4.69) is 11.4 Å². The summed E-state index contributed by atoms with van der Waals surface area (Å²) in [5.74, 6) is -0.350. The maximum absolute atomic E-state index is 12.3. The Labute approximate surface area is 148 Å². The number of nitrogens with one attached hydrogen (secondary N) is 1. The Hall–Kier alpha value is -1.94. The lowest BCUT2D eigenvalue weighted by molar-refractivity contribution is -0.180. The summed E-state index contributed by atoms with van der Waals surface area (Å²) in [6.07, 6.45) is 3.46. The van der Waals surface area contributed by atoms with Gasteiger partial charge in [0, 0.05) is 25.4 Å². The molecule has 0 bridgehead atoms. The molecule has 134 valence electrons. The number of nitrogens with zero attached hydrogens (tertiary/aromatic N) is 2. The van der Waals surface area contributed by atoms with Crippen LogP contribution in [0.25, 0.3) is 0 Å². The molecule has 1 aliphatic carbocycles. The fourth-order valence-corrected chi connectivity index (χ4v) is 3.61. The van der Waals surface area contributed by atoms with Crippen molar-refractivity contribution in [3.8, 4) is 6.07 Å². The lowest BCUT2D eigenvalue weighted by Gasteiger charge is -2.35. The Morgan fingerprint density at radius 1 is 1.36 bits per heavy atom. The standard InChI is InChI=1S/C19H25N3O3/c1-22(13-16-4-2-3-15(11-16)12-20)14-18(23)21-17-5-7-19(8-6-17)24-9-10-25-19/h2-4,11,17H,5-10,13-14H2,1H3,(H,21,23). The first kappa shape index (κ1) is 17.9. The van der Waals surface area contributed by atoms with Gasteiger partial charge < -0.3 is 14.8 Å². The van der Waals surface area contributed by atoms with E-state index in [9.17, 15) is 4.79 Å². The van der Waals surface area contributed by atoms with Crippen molar-refractivity contribution in [1.29, 1.82) is 5.26 Å². The molecule has 0 radical (unpaired) electrons. The number of hydrogen-bond acceptors (Lipinski definition) is 5. The molecule has 1 saturated heterocycles. The van der Waals surface area contributed by atoms with E-state index < -0.39 is 0 Å². The van der Waals surface area contributed by atoms with Crippen molar-refractivity contribution >= 4 is 5.91 Å². The number of likely N-dealkylation sites (N-methyl/N-ethyl adjacent to an activating group) is 1. The Morgan fingerprint density at radius 2 is 2.08 bits per heavy atom. The minimum absolute atomic E-state index is 0.0353. The number of rotatable bonds is 5.